The zero-order valence-corrected chi connectivity index (χ0v) is 8.99. The predicted octanol–water partition coefficient (Wildman–Crippen LogP) is 0.344. The number of hydrogen-bond acceptors (Lipinski definition) is 4. The monoisotopic (exact) mass is 219 g/mol. The minimum atomic E-state index is -0.689. The molecule has 0 aromatic rings. The zero-order valence-electron chi connectivity index (χ0n) is 8.99. The second-order valence-corrected chi connectivity index (χ2v) is 3.76. The van der Waals surface area contributed by atoms with Crippen LogP contribution in [0.4, 0.5) is 4.39 Å². The van der Waals surface area contributed by atoms with Crippen molar-refractivity contribution in [2.24, 2.45) is 0 Å². The van der Waals surface area contributed by atoms with E-state index in [0.717, 1.165) is 13.0 Å². The fourth-order valence-electron chi connectivity index (χ4n) is 1.98. The van der Waals surface area contributed by atoms with Crippen molar-refractivity contribution in [2.45, 2.75) is 31.4 Å². The average Bonchev–Trinajstić information content (AvgIpc) is 2.25. The van der Waals surface area contributed by atoms with Crippen molar-refractivity contribution in [1.82, 2.24) is 4.90 Å². The van der Waals surface area contributed by atoms with Crippen LogP contribution in [0.1, 0.15) is 19.3 Å². The summed E-state index contributed by atoms with van der Waals surface area (Å²) in [5.41, 5.74) is 0. The smallest absolute Gasteiger partial charge is 0.325 e. The highest BCUT2D eigenvalue weighted by Crippen LogP contribution is 2.19. The summed E-state index contributed by atoms with van der Waals surface area (Å²) in [6, 6.07) is -0.615. The highest BCUT2D eigenvalue weighted by Gasteiger charge is 2.36. The molecule has 1 aliphatic rings. The van der Waals surface area contributed by atoms with Gasteiger partial charge in [-0.25, -0.2) is 0 Å². The van der Waals surface area contributed by atoms with Crippen LogP contribution in [0.15, 0.2) is 0 Å². The van der Waals surface area contributed by atoms with E-state index < -0.39 is 24.8 Å². The molecule has 88 valence electrons. The molecule has 0 aromatic carbocycles. The maximum absolute atomic E-state index is 12.0. The van der Waals surface area contributed by atoms with E-state index in [2.05, 4.69) is 4.74 Å². The number of esters is 1. The molecule has 1 aliphatic heterocycles. The Morgan fingerprint density at radius 1 is 1.67 bits per heavy atom. The summed E-state index contributed by atoms with van der Waals surface area (Å²) >= 11 is 0. The van der Waals surface area contributed by atoms with Crippen LogP contribution < -0.4 is 0 Å². The molecule has 15 heavy (non-hydrogen) atoms. The summed E-state index contributed by atoms with van der Waals surface area (Å²) in [7, 11) is 1.30. The summed E-state index contributed by atoms with van der Waals surface area (Å²) in [4.78, 5) is 13.2. The molecule has 5 heteroatoms. The Hall–Kier alpha value is -0.680. The first-order valence-electron chi connectivity index (χ1n) is 5.26. The van der Waals surface area contributed by atoms with Crippen molar-refractivity contribution in [3.8, 4) is 0 Å². The number of ether oxygens (including phenoxy) is 1. The molecule has 4 nitrogen and oxygen atoms in total. The minimum Gasteiger partial charge on any atom is -0.468 e. The third kappa shape index (κ3) is 3.14. The SMILES string of the molecule is COC(=O)[C@@H]1[C@@H](O)CCCN1CCCF. The molecule has 0 aromatic heterocycles. The van der Waals surface area contributed by atoms with Gasteiger partial charge in [0.2, 0.25) is 0 Å². The summed E-state index contributed by atoms with van der Waals surface area (Å²) in [5, 5.41) is 9.70. The van der Waals surface area contributed by atoms with Crippen LogP contribution in [0.2, 0.25) is 0 Å². The molecule has 0 spiro atoms. The lowest BCUT2D eigenvalue weighted by Gasteiger charge is -2.36. The van der Waals surface area contributed by atoms with Gasteiger partial charge in [-0.05, 0) is 25.8 Å². The van der Waals surface area contributed by atoms with Crippen molar-refractivity contribution < 1.29 is 19.0 Å². The number of carbonyl (C=O) groups is 1. The molecular formula is C10H18FNO3. The number of carbonyl (C=O) groups excluding carboxylic acids is 1. The van der Waals surface area contributed by atoms with Gasteiger partial charge in [0, 0.05) is 6.54 Å². The molecule has 1 N–H and O–H groups in total. The first-order valence-corrected chi connectivity index (χ1v) is 5.26. The first-order chi connectivity index (χ1) is 7.20. The first kappa shape index (κ1) is 12.4. The highest BCUT2D eigenvalue weighted by molar-refractivity contribution is 5.76. The summed E-state index contributed by atoms with van der Waals surface area (Å²) in [6.07, 6.45) is 1.14. The number of piperidine rings is 1. The molecule has 0 radical (unpaired) electrons. The van der Waals surface area contributed by atoms with E-state index >= 15 is 0 Å². The Bertz CT molecular complexity index is 213. The van der Waals surface area contributed by atoms with Gasteiger partial charge in [-0.1, -0.05) is 0 Å². The molecular weight excluding hydrogens is 201 g/mol. The number of methoxy groups -OCH3 is 1. The maximum Gasteiger partial charge on any atom is 0.325 e. The molecule has 0 saturated carbocycles. The molecule has 1 heterocycles. The second kappa shape index (κ2) is 6.02. The fourth-order valence-corrected chi connectivity index (χ4v) is 1.98. The number of hydrogen-bond donors (Lipinski definition) is 1. The normalized spacial score (nSPS) is 27.7. The number of likely N-dealkylation sites (tertiary alicyclic amines) is 1. The Balaban J connectivity index is 2.59. The van der Waals surface area contributed by atoms with Crippen LogP contribution >= 0.6 is 0 Å². The predicted molar refractivity (Wildman–Crippen MR) is 53.2 cm³/mol. The number of aliphatic hydroxyl groups is 1. The quantitative estimate of drug-likeness (QED) is 0.693. The number of rotatable bonds is 4. The number of alkyl halides is 1. The minimum absolute atomic E-state index is 0.389. The lowest BCUT2D eigenvalue weighted by atomic mass is 9.98. The highest BCUT2D eigenvalue weighted by atomic mass is 19.1. The van der Waals surface area contributed by atoms with Gasteiger partial charge >= 0.3 is 5.97 Å². The summed E-state index contributed by atoms with van der Waals surface area (Å²) in [5.74, 6) is -0.430. The second-order valence-electron chi connectivity index (χ2n) is 3.76. The van der Waals surface area contributed by atoms with E-state index in [9.17, 15) is 14.3 Å². The van der Waals surface area contributed by atoms with Gasteiger partial charge in [-0.3, -0.25) is 14.1 Å². The topological polar surface area (TPSA) is 49.8 Å². The Kier molecular flexibility index (Phi) is 4.98. The largest absolute Gasteiger partial charge is 0.468 e. The van der Waals surface area contributed by atoms with Crippen LogP contribution in [-0.2, 0) is 9.53 Å². The maximum atomic E-state index is 12.0. The van der Waals surface area contributed by atoms with Gasteiger partial charge in [0.25, 0.3) is 0 Å². The number of aliphatic hydroxyl groups excluding tert-OH is 1. The molecule has 0 unspecified atom stereocenters. The van der Waals surface area contributed by atoms with E-state index in [1.165, 1.54) is 7.11 Å². The van der Waals surface area contributed by atoms with E-state index in [1.807, 2.05) is 0 Å². The summed E-state index contributed by atoms with van der Waals surface area (Å²) < 4.78 is 16.7. The van der Waals surface area contributed by atoms with Gasteiger partial charge < -0.3 is 9.84 Å². The molecule has 1 saturated heterocycles. The zero-order chi connectivity index (χ0) is 11.3. The van der Waals surface area contributed by atoms with Gasteiger partial charge in [0.05, 0.1) is 19.9 Å². The van der Waals surface area contributed by atoms with Crippen LogP contribution in [-0.4, -0.2) is 55.0 Å². The molecule has 1 fully saturated rings. The van der Waals surface area contributed by atoms with Crippen LogP contribution in [0, 0.1) is 0 Å². The molecule has 0 amide bonds. The molecule has 2 atom stereocenters. The van der Waals surface area contributed by atoms with Gasteiger partial charge in [-0.15, -0.1) is 0 Å². The van der Waals surface area contributed by atoms with E-state index in [4.69, 9.17) is 0 Å². The number of nitrogens with zero attached hydrogens (tertiary/aromatic N) is 1. The van der Waals surface area contributed by atoms with E-state index in [1.54, 1.807) is 4.90 Å². The van der Waals surface area contributed by atoms with Crippen molar-refractivity contribution in [2.75, 3.05) is 26.9 Å². The van der Waals surface area contributed by atoms with Crippen molar-refractivity contribution in [1.29, 1.82) is 0 Å². The lowest BCUT2D eigenvalue weighted by molar-refractivity contribution is -0.154. The molecule has 0 aliphatic carbocycles. The van der Waals surface area contributed by atoms with Crippen molar-refractivity contribution >= 4 is 5.97 Å². The van der Waals surface area contributed by atoms with Gasteiger partial charge in [-0.2, -0.15) is 0 Å². The Morgan fingerprint density at radius 3 is 3.00 bits per heavy atom. The van der Waals surface area contributed by atoms with Crippen LogP contribution in [0.25, 0.3) is 0 Å². The van der Waals surface area contributed by atoms with E-state index in [0.29, 0.717) is 19.4 Å². The van der Waals surface area contributed by atoms with Crippen molar-refractivity contribution in [3.63, 3.8) is 0 Å². The average molecular weight is 219 g/mol. The molecule has 0 bridgehead atoms. The number of halogens is 1. The van der Waals surface area contributed by atoms with E-state index in [-0.39, 0.29) is 0 Å². The van der Waals surface area contributed by atoms with Crippen LogP contribution in [0.3, 0.4) is 0 Å². The Labute approximate surface area is 89.0 Å². The standard InChI is InChI=1S/C10H18FNO3/c1-15-10(14)9-8(13)4-2-6-12(9)7-3-5-11/h8-9,13H,2-7H2,1H3/t8-,9-/m0/s1. The fraction of sp³-hybridized carbons (Fsp3) is 0.900. The van der Waals surface area contributed by atoms with Gasteiger partial charge in [0.1, 0.15) is 6.04 Å². The van der Waals surface area contributed by atoms with Crippen LogP contribution in [0.5, 0.6) is 0 Å². The Morgan fingerprint density at radius 2 is 2.40 bits per heavy atom. The third-order valence-electron chi connectivity index (χ3n) is 2.72. The molecule has 1 rings (SSSR count). The lowest BCUT2D eigenvalue weighted by Crippen LogP contribution is -2.53. The third-order valence-corrected chi connectivity index (χ3v) is 2.72. The summed E-state index contributed by atoms with van der Waals surface area (Å²) in [6.45, 7) is 0.810. The van der Waals surface area contributed by atoms with Gasteiger partial charge in [0.15, 0.2) is 0 Å². The van der Waals surface area contributed by atoms with Crippen molar-refractivity contribution in [3.05, 3.63) is 0 Å².